The van der Waals surface area contributed by atoms with E-state index in [1.165, 1.54) is 0 Å². The highest BCUT2D eigenvalue weighted by molar-refractivity contribution is 6.42. The molecule has 0 amide bonds. The van der Waals surface area contributed by atoms with Crippen molar-refractivity contribution in [3.05, 3.63) is 39.5 Å². The van der Waals surface area contributed by atoms with Crippen molar-refractivity contribution in [2.75, 3.05) is 0 Å². The Morgan fingerprint density at radius 1 is 1.38 bits per heavy atom. The molecule has 0 aliphatic rings. The summed E-state index contributed by atoms with van der Waals surface area (Å²) in [7, 11) is 1.84. The molecule has 2 rings (SSSR count). The van der Waals surface area contributed by atoms with E-state index in [0.717, 1.165) is 17.7 Å². The zero-order valence-electron chi connectivity index (χ0n) is 12.4. The zero-order chi connectivity index (χ0) is 15.6. The van der Waals surface area contributed by atoms with E-state index in [1.807, 2.05) is 14.0 Å². The lowest BCUT2D eigenvalue weighted by Crippen LogP contribution is -2.21. The monoisotopic (exact) mass is 327 g/mol. The number of halogens is 2. The number of nitrogens with two attached hydrogens (primary N) is 1. The molecule has 0 fully saturated rings. The van der Waals surface area contributed by atoms with Gasteiger partial charge in [-0.05, 0) is 31.9 Å². The van der Waals surface area contributed by atoms with E-state index in [9.17, 15) is 0 Å². The lowest BCUT2D eigenvalue weighted by molar-refractivity contribution is 0.424. The molecule has 1 unspecified atom stereocenters. The van der Waals surface area contributed by atoms with Crippen LogP contribution in [0.4, 0.5) is 0 Å². The molecule has 0 aliphatic carbocycles. The fourth-order valence-corrected chi connectivity index (χ4v) is 2.45. The van der Waals surface area contributed by atoms with Crippen LogP contribution < -0.4 is 10.5 Å². The smallest absolute Gasteiger partial charge is 0.221 e. The molecule has 1 aromatic carbocycles. The molecule has 0 saturated carbocycles. The van der Waals surface area contributed by atoms with E-state index >= 15 is 0 Å². The van der Waals surface area contributed by atoms with E-state index < -0.39 is 0 Å². The molecule has 1 aromatic heterocycles. The summed E-state index contributed by atoms with van der Waals surface area (Å²) >= 11 is 12.2. The molecule has 4 nitrogen and oxygen atoms in total. The topological polar surface area (TPSA) is 53.1 Å². The Morgan fingerprint density at radius 2 is 2.10 bits per heavy atom. The van der Waals surface area contributed by atoms with E-state index in [1.54, 1.807) is 22.9 Å². The molecule has 0 bridgehead atoms. The fourth-order valence-electron chi connectivity index (χ4n) is 2.12. The van der Waals surface area contributed by atoms with Gasteiger partial charge in [0.1, 0.15) is 10.8 Å². The summed E-state index contributed by atoms with van der Waals surface area (Å²) in [5, 5.41) is 5.26. The SMILES string of the molecule is CCC(N)Cc1c(C)nn(C)c1Oc1cccc(Cl)c1Cl. The summed E-state index contributed by atoms with van der Waals surface area (Å²) in [4.78, 5) is 0. The average Bonchev–Trinajstić information content (AvgIpc) is 2.70. The molecule has 1 atom stereocenters. The normalized spacial score (nSPS) is 12.5. The fraction of sp³-hybridized carbons (Fsp3) is 0.400. The zero-order valence-corrected chi connectivity index (χ0v) is 13.9. The summed E-state index contributed by atoms with van der Waals surface area (Å²) in [5.41, 5.74) is 7.97. The Balaban J connectivity index is 2.37. The van der Waals surface area contributed by atoms with Gasteiger partial charge >= 0.3 is 0 Å². The molecule has 21 heavy (non-hydrogen) atoms. The van der Waals surface area contributed by atoms with Gasteiger partial charge in [-0.1, -0.05) is 36.2 Å². The number of ether oxygens (including phenoxy) is 1. The van der Waals surface area contributed by atoms with Crippen molar-refractivity contribution in [3.8, 4) is 11.6 Å². The summed E-state index contributed by atoms with van der Waals surface area (Å²) in [6.45, 7) is 4.01. The first-order chi connectivity index (χ1) is 9.93. The minimum absolute atomic E-state index is 0.0742. The van der Waals surface area contributed by atoms with E-state index in [0.29, 0.717) is 28.1 Å². The van der Waals surface area contributed by atoms with Crippen molar-refractivity contribution in [1.82, 2.24) is 9.78 Å². The van der Waals surface area contributed by atoms with Gasteiger partial charge in [0, 0.05) is 18.7 Å². The highest BCUT2D eigenvalue weighted by Gasteiger charge is 2.19. The molecule has 114 valence electrons. The summed E-state index contributed by atoms with van der Waals surface area (Å²) in [6, 6.07) is 5.37. The second kappa shape index (κ2) is 6.69. The van der Waals surface area contributed by atoms with E-state index in [-0.39, 0.29) is 6.04 Å². The van der Waals surface area contributed by atoms with Gasteiger partial charge in [0.05, 0.1) is 10.7 Å². The van der Waals surface area contributed by atoms with E-state index in [2.05, 4.69) is 12.0 Å². The summed E-state index contributed by atoms with van der Waals surface area (Å²) in [6.07, 6.45) is 1.61. The average molecular weight is 328 g/mol. The van der Waals surface area contributed by atoms with Crippen molar-refractivity contribution in [3.63, 3.8) is 0 Å². The van der Waals surface area contributed by atoms with Crippen LogP contribution >= 0.6 is 23.2 Å². The first kappa shape index (κ1) is 16.1. The van der Waals surface area contributed by atoms with Gasteiger partial charge in [-0.15, -0.1) is 0 Å². The molecule has 0 saturated heterocycles. The third-order valence-corrected chi connectivity index (χ3v) is 4.20. The lowest BCUT2D eigenvalue weighted by Gasteiger charge is -2.13. The highest BCUT2D eigenvalue weighted by atomic mass is 35.5. The van der Waals surface area contributed by atoms with Crippen LogP contribution in [0.5, 0.6) is 11.6 Å². The number of benzene rings is 1. The standard InChI is InChI=1S/C15H19Cl2N3O/c1-4-10(18)8-11-9(2)19-20(3)15(11)21-13-7-5-6-12(16)14(13)17/h5-7,10H,4,8,18H2,1-3H3. The third kappa shape index (κ3) is 3.51. The number of hydrogen-bond donors (Lipinski definition) is 1. The van der Waals surface area contributed by atoms with Crippen molar-refractivity contribution in [1.29, 1.82) is 0 Å². The second-order valence-electron chi connectivity index (χ2n) is 5.02. The maximum Gasteiger partial charge on any atom is 0.221 e. The maximum atomic E-state index is 6.18. The molecule has 0 spiro atoms. The molecular weight excluding hydrogens is 309 g/mol. The van der Waals surface area contributed by atoms with Crippen LogP contribution in [0.25, 0.3) is 0 Å². The molecule has 0 radical (unpaired) electrons. The highest BCUT2D eigenvalue weighted by Crippen LogP contribution is 2.36. The Kier molecular flexibility index (Phi) is 5.14. The Hall–Kier alpha value is -1.23. The first-order valence-corrected chi connectivity index (χ1v) is 7.59. The summed E-state index contributed by atoms with van der Waals surface area (Å²) < 4.78 is 7.65. The Morgan fingerprint density at radius 3 is 2.76 bits per heavy atom. The van der Waals surface area contributed by atoms with Gasteiger partial charge in [0.25, 0.3) is 0 Å². The molecule has 2 N–H and O–H groups in total. The Labute approximate surface area is 134 Å². The number of aryl methyl sites for hydroxylation is 2. The van der Waals surface area contributed by atoms with Crippen LogP contribution in [-0.2, 0) is 13.5 Å². The van der Waals surface area contributed by atoms with Crippen LogP contribution in [0.15, 0.2) is 18.2 Å². The first-order valence-electron chi connectivity index (χ1n) is 6.84. The van der Waals surface area contributed by atoms with Crippen molar-refractivity contribution in [2.24, 2.45) is 12.8 Å². The van der Waals surface area contributed by atoms with Crippen LogP contribution in [0.3, 0.4) is 0 Å². The number of hydrogen-bond acceptors (Lipinski definition) is 3. The second-order valence-corrected chi connectivity index (χ2v) is 5.80. The Bertz CT molecular complexity index is 640. The van der Waals surface area contributed by atoms with Crippen LogP contribution in [-0.4, -0.2) is 15.8 Å². The predicted octanol–water partition coefficient (Wildman–Crippen LogP) is 4.11. The van der Waals surface area contributed by atoms with Crippen molar-refractivity contribution >= 4 is 23.2 Å². The molecule has 1 heterocycles. The van der Waals surface area contributed by atoms with Gasteiger partial charge in [-0.3, -0.25) is 0 Å². The van der Waals surface area contributed by atoms with Gasteiger partial charge in [0.2, 0.25) is 5.88 Å². The van der Waals surface area contributed by atoms with Crippen LogP contribution in [0.1, 0.15) is 24.6 Å². The number of rotatable bonds is 5. The van der Waals surface area contributed by atoms with Crippen molar-refractivity contribution in [2.45, 2.75) is 32.7 Å². The van der Waals surface area contributed by atoms with Crippen molar-refractivity contribution < 1.29 is 4.74 Å². The van der Waals surface area contributed by atoms with Gasteiger partial charge in [-0.25, -0.2) is 4.68 Å². The summed E-state index contributed by atoms with van der Waals surface area (Å²) in [5.74, 6) is 1.17. The molecule has 0 aliphatic heterocycles. The maximum absolute atomic E-state index is 6.18. The largest absolute Gasteiger partial charge is 0.437 e. The molecule has 6 heteroatoms. The van der Waals surface area contributed by atoms with Crippen LogP contribution in [0.2, 0.25) is 10.0 Å². The minimum atomic E-state index is 0.0742. The number of nitrogens with zero attached hydrogens (tertiary/aromatic N) is 2. The van der Waals surface area contributed by atoms with Gasteiger partial charge in [-0.2, -0.15) is 5.10 Å². The van der Waals surface area contributed by atoms with Gasteiger partial charge in [0.15, 0.2) is 0 Å². The predicted molar refractivity (Wildman–Crippen MR) is 86.5 cm³/mol. The lowest BCUT2D eigenvalue weighted by atomic mass is 10.1. The van der Waals surface area contributed by atoms with E-state index in [4.69, 9.17) is 33.7 Å². The van der Waals surface area contributed by atoms with Gasteiger partial charge < -0.3 is 10.5 Å². The minimum Gasteiger partial charge on any atom is -0.437 e. The molecule has 2 aromatic rings. The third-order valence-electron chi connectivity index (χ3n) is 3.40. The molecular formula is C15H19Cl2N3O. The quantitative estimate of drug-likeness (QED) is 0.899. The van der Waals surface area contributed by atoms with Crippen LogP contribution in [0, 0.1) is 6.92 Å². The number of aromatic nitrogens is 2.